The van der Waals surface area contributed by atoms with Crippen LogP contribution in [0, 0.1) is 50.2 Å². The monoisotopic (exact) mass is 570 g/mol. The normalized spacial score (nSPS) is 46.6. The van der Waals surface area contributed by atoms with E-state index in [0.717, 1.165) is 38.5 Å². The molecule has 0 radical (unpaired) electrons. The van der Waals surface area contributed by atoms with Crippen LogP contribution in [0.15, 0.2) is 11.6 Å². The van der Waals surface area contributed by atoms with E-state index in [1.54, 1.807) is 0 Å². The maximum Gasteiger partial charge on any atom is 0.309 e. The molecule has 4 saturated carbocycles. The molecule has 0 aromatic carbocycles. The van der Waals surface area contributed by atoms with Gasteiger partial charge in [0.25, 0.3) is 0 Å². The molecule has 0 unspecified atom stereocenters. The number of fused-ring (bicyclic) bond motifs is 7. The van der Waals surface area contributed by atoms with Crippen LogP contribution < -0.4 is 0 Å². The van der Waals surface area contributed by atoms with Crippen LogP contribution in [0.4, 0.5) is 0 Å². The van der Waals surface area contributed by atoms with Crippen molar-refractivity contribution in [2.24, 2.45) is 50.2 Å². The number of carbonyl (C=O) groups is 4. The molecule has 0 aliphatic heterocycles. The third-order valence-corrected chi connectivity index (χ3v) is 13.8. The van der Waals surface area contributed by atoms with Crippen LogP contribution in [0.1, 0.15) is 119 Å². The minimum absolute atomic E-state index is 0.0233. The third kappa shape index (κ3) is 4.25. The van der Waals surface area contributed by atoms with E-state index in [4.69, 9.17) is 9.84 Å². The number of allylic oxidation sites excluding steroid dienone is 2. The highest BCUT2D eigenvalue weighted by Crippen LogP contribution is 2.75. The predicted molar refractivity (Wildman–Crippen MR) is 154 cm³/mol. The van der Waals surface area contributed by atoms with Gasteiger partial charge in [-0.2, -0.15) is 0 Å². The number of carboxylic acid groups (broad SMARTS) is 2. The number of hydrogen-bond donors (Lipinski definition) is 2. The quantitative estimate of drug-likeness (QED) is 0.348. The Morgan fingerprint density at radius 3 is 2.17 bits per heavy atom. The molecule has 0 amide bonds. The second-order valence-corrected chi connectivity index (χ2v) is 16.3. The molecular formula is C34H50O7. The summed E-state index contributed by atoms with van der Waals surface area (Å²) in [6, 6.07) is 0. The van der Waals surface area contributed by atoms with E-state index in [-0.39, 0.29) is 69.6 Å². The first-order valence-corrected chi connectivity index (χ1v) is 15.7. The Morgan fingerprint density at radius 2 is 1.54 bits per heavy atom. The highest BCUT2D eigenvalue weighted by atomic mass is 16.5. The number of hydrogen-bond acceptors (Lipinski definition) is 5. The smallest absolute Gasteiger partial charge is 0.309 e. The Balaban J connectivity index is 1.49. The van der Waals surface area contributed by atoms with Crippen LogP contribution in [0.3, 0.4) is 0 Å². The Morgan fingerprint density at radius 1 is 0.878 bits per heavy atom. The number of ketones is 1. The van der Waals surface area contributed by atoms with Crippen molar-refractivity contribution in [1.82, 2.24) is 0 Å². The molecule has 5 aliphatic carbocycles. The van der Waals surface area contributed by atoms with E-state index in [9.17, 15) is 24.3 Å². The second kappa shape index (κ2) is 9.41. The summed E-state index contributed by atoms with van der Waals surface area (Å²) in [6.07, 6.45) is 8.80. The molecule has 9 atom stereocenters. The zero-order valence-corrected chi connectivity index (χ0v) is 26.1. The molecule has 5 rings (SSSR count). The van der Waals surface area contributed by atoms with Gasteiger partial charge in [-0.3, -0.25) is 19.2 Å². The Bertz CT molecular complexity index is 1200. The lowest BCUT2D eigenvalue weighted by atomic mass is 9.33. The largest absolute Gasteiger partial charge is 0.481 e. The van der Waals surface area contributed by atoms with Gasteiger partial charge < -0.3 is 14.9 Å². The van der Waals surface area contributed by atoms with E-state index >= 15 is 0 Å². The SMILES string of the molecule is CC1(C)[C@@H](OC(=O)CCC(=O)O)CC[C@]2(C)[C@H]3C(=O)C=C4[C@@H]5C[C@@](C)(C(=O)O)CC[C@]5(C)CC[C@]4(C)[C@]3(C)CC[C@@H]12. The van der Waals surface area contributed by atoms with Crippen molar-refractivity contribution in [2.45, 2.75) is 125 Å². The molecule has 2 N–H and O–H groups in total. The van der Waals surface area contributed by atoms with Gasteiger partial charge in [0.15, 0.2) is 5.78 Å². The summed E-state index contributed by atoms with van der Waals surface area (Å²) in [5.74, 6) is -1.87. The summed E-state index contributed by atoms with van der Waals surface area (Å²) in [4.78, 5) is 50.3. The van der Waals surface area contributed by atoms with Gasteiger partial charge in [-0.15, -0.1) is 0 Å². The zero-order chi connectivity index (χ0) is 30.4. The van der Waals surface area contributed by atoms with Gasteiger partial charge >= 0.3 is 17.9 Å². The number of aliphatic carboxylic acids is 2. The minimum atomic E-state index is -1.01. The van der Waals surface area contributed by atoms with E-state index in [2.05, 4.69) is 41.5 Å². The summed E-state index contributed by atoms with van der Waals surface area (Å²) in [5.41, 5.74) is -0.553. The molecule has 7 nitrogen and oxygen atoms in total. The molecule has 4 fully saturated rings. The van der Waals surface area contributed by atoms with E-state index in [1.807, 2.05) is 13.0 Å². The minimum Gasteiger partial charge on any atom is -0.481 e. The average molecular weight is 571 g/mol. The van der Waals surface area contributed by atoms with Crippen molar-refractivity contribution in [1.29, 1.82) is 0 Å². The summed E-state index contributed by atoms with van der Waals surface area (Å²) in [6.45, 7) is 15.5. The van der Waals surface area contributed by atoms with Crippen molar-refractivity contribution >= 4 is 23.7 Å². The molecule has 0 aromatic heterocycles. The van der Waals surface area contributed by atoms with Crippen LogP contribution in [0.5, 0.6) is 0 Å². The number of carboxylic acids is 2. The lowest BCUT2D eigenvalue weighted by Gasteiger charge is -2.70. The Hall–Kier alpha value is -2.18. The molecule has 0 saturated heterocycles. The number of esters is 1. The van der Waals surface area contributed by atoms with Crippen LogP contribution in [0.25, 0.3) is 0 Å². The fourth-order valence-corrected chi connectivity index (χ4v) is 11.0. The average Bonchev–Trinajstić information content (AvgIpc) is 2.86. The fourth-order valence-electron chi connectivity index (χ4n) is 11.0. The fraction of sp³-hybridized carbons (Fsp3) is 0.824. The lowest BCUT2D eigenvalue weighted by molar-refractivity contribution is -0.211. The highest BCUT2D eigenvalue weighted by molar-refractivity contribution is 5.95. The standard InChI is InChI=1S/C34H50O7/c1-29(2)23-10-13-34(7)27(32(23,5)12-11-24(29)41-26(38)9-8-25(36)37)22(35)18-20-21-19-31(4,28(39)40)15-14-30(21,3)16-17-33(20,34)6/h18,21,23-24,27H,8-17,19H2,1-7H3,(H,36,37)(H,39,40)/t21-,23-,24-,27+,30+,31-,32-,33-,34+/m0/s1. The molecular weight excluding hydrogens is 520 g/mol. The Labute approximate surface area is 244 Å². The Kier molecular flexibility index (Phi) is 6.95. The summed E-state index contributed by atoms with van der Waals surface area (Å²) >= 11 is 0. The third-order valence-electron chi connectivity index (χ3n) is 13.8. The second-order valence-electron chi connectivity index (χ2n) is 16.3. The van der Waals surface area contributed by atoms with Crippen molar-refractivity contribution < 1.29 is 34.1 Å². The van der Waals surface area contributed by atoms with Gasteiger partial charge in [0.05, 0.1) is 18.3 Å². The molecule has 0 aromatic rings. The molecule has 228 valence electrons. The van der Waals surface area contributed by atoms with Crippen LogP contribution >= 0.6 is 0 Å². The van der Waals surface area contributed by atoms with Gasteiger partial charge in [-0.1, -0.05) is 47.1 Å². The molecule has 0 spiro atoms. The van der Waals surface area contributed by atoms with Crippen molar-refractivity contribution in [3.05, 3.63) is 11.6 Å². The molecule has 41 heavy (non-hydrogen) atoms. The van der Waals surface area contributed by atoms with E-state index in [0.29, 0.717) is 19.3 Å². The number of ether oxygens (including phenoxy) is 1. The van der Waals surface area contributed by atoms with Gasteiger partial charge in [0.2, 0.25) is 0 Å². The summed E-state index contributed by atoms with van der Waals surface area (Å²) in [5, 5.41) is 19.1. The first-order chi connectivity index (χ1) is 18.8. The van der Waals surface area contributed by atoms with Crippen LogP contribution in [-0.4, -0.2) is 40.0 Å². The number of rotatable bonds is 5. The lowest BCUT2D eigenvalue weighted by Crippen LogP contribution is -2.66. The number of carbonyl (C=O) groups excluding carboxylic acids is 2. The van der Waals surface area contributed by atoms with Gasteiger partial charge in [-0.25, -0.2) is 0 Å². The maximum atomic E-state index is 14.5. The van der Waals surface area contributed by atoms with Crippen LogP contribution in [0.2, 0.25) is 0 Å². The van der Waals surface area contributed by atoms with Crippen molar-refractivity contribution in [3.63, 3.8) is 0 Å². The predicted octanol–water partition coefficient (Wildman–Crippen LogP) is 6.83. The van der Waals surface area contributed by atoms with E-state index in [1.165, 1.54) is 5.57 Å². The zero-order valence-electron chi connectivity index (χ0n) is 26.1. The summed E-state index contributed by atoms with van der Waals surface area (Å²) in [7, 11) is 0. The highest BCUT2D eigenvalue weighted by Gasteiger charge is 2.70. The first kappa shape index (κ1) is 30.3. The van der Waals surface area contributed by atoms with Crippen molar-refractivity contribution in [2.75, 3.05) is 0 Å². The topological polar surface area (TPSA) is 118 Å². The molecule has 7 heteroatoms. The van der Waals surface area contributed by atoms with Gasteiger partial charge in [0, 0.05) is 11.3 Å². The first-order valence-electron chi connectivity index (χ1n) is 15.7. The van der Waals surface area contributed by atoms with Gasteiger partial charge in [0.1, 0.15) is 6.10 Å². The molecule has 5 aliphatic rings. The summed E-state index contributed by atoms with van der Waals surface area (Å²) < 4.78 is 5.91. The van der Waals surface area contributed by atoms with Crippen molar-refractivity contribution in [3.8, 4) is 0 Å². The maximum absolute atomic E-state index is 14.5. The van der Waals surface area contributed by atoms with Gasteiger partial charge in [-0.05, 0) is 104 Å². The molecule has 0 heterocycles. The van der Waals surface area contributed by atoms with E-state index < -0.39 is 23.3 Å². The van der Waals surface area contributed by atoms with Crippen LogP contribution in [-0.2, 0) is 23.9 Å². The molecule has 0 bridgehead atoms.